The third kappa shape index (κ3) is 3.82. The lowest BCUT2D eigenvalue weighted by atomic mass is 9.96. The summed E-state index contributed by atoms with van der Waals surface area (Å²) in [5.41, 5.74) is 0.861. The summed E-state index contributed by atoms with van der Waals surface area (Å²) in [6.07, 6.45) is 7.44. The lowest BCUT2D eigenvalue weighted by molar-refractivity contribution is -0.125. The van der Waals surface area contributed by atoms with E-state index in [1.165, 1.54) is 25.9 Å². The number of nitrogens with zero attached hydrogens (tertiary/aromatic N) is 5. The number of nitrogens with one attached hydrogen (secondary N) is 1. The molecule has 4 rings (SSSR count). The highest BCUT2D eigenvalue weighted by Crippen LogP contribution is 2.22. The summed E-state index contributed by atoms with van der Waals surface area (Å²) in [7, 11) is 0. The van der Waals surface area contributed by atoms with E-state index in [0.29, 0.717) is 0 Å². The van der Waals surface area contributed by atoms with E-state index in [1.54, 1.807) is 0 Å². The van der Waals surface area contributed by atoms with Crippen LogP contribution in [0.15, 0.2) is 24.4 Å². The van der Waals surface area contributed by atoms with Gasteiger partial charge in [0.1, 0.15) is 0 Å². The third-order valence-electron chi connectivity index (χ3n) is 5.59. The van der Waals surface area contributed by atoms with Crippen molar-refractivity contribution in [3.8, 4) is 0 Å². The highest BCUT2D eigenvalue weighted by Gasteiger charge is 2.26. The van der Waals surface area contributed by atoms with Crippen molar-refractivity contribution in [2.45, 2.75) is 32.1 Å². The molecule has 0 radical (unpaired) electrons. The first-order valence-electron chi connectivity index (χ1n) is 9.86. The second-order valence-corrected chi connectivity index (χ2v) is 7.38. The minimum Gasteiger partial charge on any atom is -0.356 e. The van der Waals surface area contributed by atoms with Gasteiger partial charge in [0, 0.05) is 31.7 Å². The van der Waals surface area contributed by atoms with Crippen molar-refractivity contribution in [2.24, 2.45) is 5.92 Å². The Labute approximate surface area is 154 Å². The molecule has 0 saturated carbocycles. The maximum Gasteiger partial charge on any atom is 0.231 e. The predicted molar refractivity (Wildman–Crippen MR) is 101 cm³/mol. The summed E-state index contributed by atoms with van der Waals surface area (Å²) in [4.78, 5) is 17.2. The van der Waals surface area contributed by atoms with Crippen LogP contribution in [0.4, 0.5) is 5.95 Å². The Bertz CT molecular complexity index is 730. The maximum absolute atomic E-state index is 12.4. The molecule has 26 heavy (non-hydrogen) atoms. The molecule has 1 amide bonds. The van der Waals surface area contributed by atoms with E-state index in [2.05, 4.69) is 25.3 Å². The first kappa shape index (κ1) is 17.3. The maximum atomic E-state index is 12.4. The second kappa shape index (κ2) is 8.03. The molecular weight excluding hydrogens is 328 g/mol. The molecule has 7 heteroatoms. The van der Waals surface area contributed by atoms with Gasteiger partial charge < -0.3 is 15.1 Å². The number of piperidine rings is 1. The fraction of sp³-hybridized carbons (Fsp3) is 0.632. The molecule has 0 bridgehead atoms. The zero-order valence-corrected chi connectivity index (χ0v) is 15.3. The van der Waals surface area contributed by atoms with Gasteiger partial charge in [0.05, 0.1) is 0 Å². The zero-order chi connectivity index (χ0) is 17.8. The van der Waals surface area contributed by atoms with E-state index in [4.69, 9.17) is 0 Å². The molecular formula is C19H28N6O. The van der Waals surface area contributed by atoms with Crippen LogP contribution in [0.2, 0.25) is 0 Å². The smallest absolute Gasteiger partial charge is 0.231 e. The monoisotopic (exact) mass is 356 g/mol. The van der Waals surface area contributed by atoms with Crippen LogP contribution in [0.25, 0.3) is 5.65 Å². The minimum atomic E-state index is 0.122. The van der Waals surface area contributed by atoms with Gasteiger partial charge in [0.15, 0.2) is 5.65 Å². The molecule has 2 aromatic heterocycles. The standard InChI is InChI=1S/C19H28N6O/c26-18(20-9-5-12-23-10-3-4-11-23)16-7-14-24(15-8-16)19-22-21-17-6-1-2-13-25(17)19/h1-2,6,13,16H,3-5,7-12,14-15H2,(H,20,26). The molecule has 2 aliphatic heterocycles. The van der Waals surface area contributed by atoms with Crippen molar-refractivity contribution in [3.63, 3.8) is 0 Å². The van der Waals surface area contributed by atoms with Crippen LogP contribution in [0.5, 0.6) is 0 Å². The number of rotatable bonds is 6. The average molecular weight is 356 g/mol. The van der Waals surface area contributed by atoms with Crippen LogP contribution in [0, 0.1) is 5.92 Å². The number of carbonyl (C=O) groups is 1. The van der Waals surface area contributed by atoms with E-state index in [-0.39, 0.29) is 11.8 Å². The van der Waals surface area contributed by atoms with Gasteiger partial charge in [-0.2, -0.15) is 0 Å². The quantitative estimate of drug-likeness (QED) is 0.796. The largest absolute Gasteiger partial charge is 0.356 e. The van der Waals surface area contributed by atoms with Gasteiger partial charge in [0.2, 0.25) is 11.9 Å². The Morgan fingerprint density at radius 1 is 1.12 bits per heavy atom. The van der Waals surface area contributed by atoms with Crippen molar-refractivity contribution in [1.82, 2.24) is 24.8 Å². The second-order valence-electron chi connectivity index (χ2n) is 7.38. The molecule has 0 aromatic carbocycles. The van der Waals surface area contributed by atoms with E-state index < -0.39 is 0 Å². The highest BCUT2D eigenvalue weighted by atomic mass is 16.1. The Morgan fingerprint density at radius 2 is 1.92 bits per heavy atom. The SMILES string of the molecule is O=C(NCCCN1CCCC1)C1CCN(c2nnc3ccccn23)CC1. The van der Waals surface area contributed by atoms with Gasteiger partial charge in [0.25, 0.3) is 0 Å². The van der Waals surface area contributed by atoms with Crippen molar-refractivity contribution in [2.75, 3.05) is 44.2 Å². The van der Waals surface area contributed by atoms with Gasteiger partial charge in [-0.15, -0.1) is 10.2 Å². The first-order chi connectivity index (χ1) is 12.8. The lowest BCUT2D eigenvalue weighted by Gasteiger charge is -2.31. The van der Waals surface area contributed by atoms with E-state index in [1.807, 2.05) is 28.8 Å². The lowest BCUT2D eigenvalue weighted by Crippen LogP contribution is -2.41. The number of carbonyl (C=O) groups excluding carboxylic acids is 1. The van der Waals surface area contributed by atoms with Crippen molar-refractivity contribution in [3.05, 3.63) is 24.4 Å². The Hall–Kier alpha value is -2.15. The third-order valence-corrected chi connectivity index (χ3v) is 5.59. The number of hydrogen-bond acceptors (Lipinski definition) is 5. The number of likely N-dealkylation sites (tertiary alicyclic amines) is 1. The van der Waals surface area contributed by atoms with Crippen molar-refractivity contribution in [1.29, 1.82) is 0 Å². The molecule has 2 saturated heterocycles. The van der Waals surface area contributed by atoms with E-state index in [0.717, 1.165) is 57.0 Å². The highest BCUT2D eigenvalue weighted by molar-refractivity contribution is 5.78. The van der Waals surface area contributed by atoms with E-state index >= 15 is 0 Å². The summed E-state index contributed by atoms with van der Waals surface area (Å²) >= 11 is 0. The number of fused-ring (bicyclic) bond motifs is 1. The molecule has 2 aromatic rings. The van der Waals surface area contributed by atoms with Crippen molar-refractivity contribution >= 4 is 17.5 Å². The van der Waals surface area contributed by atoms with Gasteiger partial charge in [-0.05, 0) is 63.9 Å². The molecule has 7 nitrogen and oxygen atoms in total. The van der Waals surface area contributed by atoms with E-state index in [9.17, 15) is 4.79 Å². The molecule has 0 spiro atoms. The molecule has 4 heterocycles. The summed E-state index contributed by atoms with van der Waals surface area (Å²) < 4.78 is 2.01. The Morgan fingerprint density at radius 3 is 2.73 bits per heavy atom. The van der Waals surface area contributed by atoms with Crippen LogP contribution in [0.1, 0.15) is 32.1 Å². The molecule has 0 aliphatic carbocycles. The van der Waals surface area contributed by atoms with Crippen LogP contribution < -0.4 is 10.2 Å². The summed E-state index contributed by atoms with van der Waals surface area (Å²) in [5, 5.41) is 11.7. The Kier molecular flexibility index (Phi) is 5.34. The van der Waals surface area contributed by atoms with Crippen LogP contribution >= 0.6 is 0 Å². The Balaban J connectivity index is 1.22. The number of amides is 1. The summed E-state index contributed by atoms with van der Waals surface area (Å²) in [5.74, 6) is 1.22. The number of pyridine rings is 1. The fourth-order valence-corrected chi connectivity index (χ4v) is 4.05. The van der Waals surface area contributed by atoms with Gasteiger partial charge in [-0.3, -0.25) is 9.20 Å². The summed E-state index contributed by atoms with van der Waals surface area (Å²) in [6, 6.07) is 5.91. The van der Waals surface area contributed by atoms with Crippen molar-refractivity contribution < 1.29 is 4.79 Å². The number of aromatic nitrogens is 3. The molecule has 2 fully saturated rings. The molecule has 1 N–H and O–H groups in total. The topological polar surface area (TPSA) is 65.8 Å². The average Bonchev–Trinajstić information content (AvgIpc) is 3.35. The molecule has 0 unspecified atom stereocenters. The van der Waals surface area contributed by atoms with Crippen LogP contribution in [-0.2, 0) is 4.79 Å². The van der Waals surface area contributed by atoms with Gasteiger partial charge >= 0.3 is 0 Å². The molecule has 2 aliphatic rings. The minimum absolute atomic E-state index is 0.122. The summed E-state index contributed by atoms with van der Waals surface area (Å²) in [6.45, 7) is 6.06. The van der Waals surface area contributed by atoms with Gasteiger partial charge in [-0.25, -0.2) is 0 Å². The fourth-order valence-electron chi connectivity index (χ4n) is 4.05. The number of hydrogen-bond donors (Lipinski definition) is 1. The normalized spacial score (nSPS) is 19.3. The van der Waals surface area contributed by atoms with Crippen LogP contribution in [0.3, 0.4) is 0 Å². The predicted octanol–water partition coefficient (Wildman–Crippen LogP) is 1.55. The molecule has 0 atom stereocenters. The zero-order valence-electron chi connectivity index (χ0n) is 15.3. The molecule has 140 valence electrons. The number of anilines is 1. The van der Waals surface area contributed by atoms with Crippen LogP contribution in [-0.4, -0.2) is 64.7 Å². The van der Waals surface area contributed by atoms with Gasteiger partial charge in [-0.1, -0.05) is 6.07 Å². The first-order valence-corrected chi connectivity index (χ1v) is 9.86.